The van der Waals surface area contributed by atoms with Gasteiger partial charge >= 0.3 is 0 Å². The Labute approximate surface area is 92.2 Å². The number of aliphatic hydroxyl groups excluding tert-OH is 1. The topological polar surface area (TPSA) is 41.5 Å². The average molecular weight is 213 g/mol. The second-order valence-corrected chi connectivity index (χ2v) is 4.96. The van der Waals surface area contributed by atoms with Gasteiger partial charge in [-0.25, -0.2) is 0 Å². The number of rotatable bonds is 4. The van der Waals surface area contributed by atoms with Crippen molar-refractivity contribution in [2.24, 2.45) is 5.92 Å². The first kappa shape index (κ1) is 11.4. The maximum atomic E-state index is 9.54. The van der Waals surface area contributed by atoms with Gasteiger partial charge in [0, 0.05) is 0 Å². The van der Waals surface area contributed by atoms with Gasteiger partial charge in [0.1, 0.15) is 0 Å². The molecule has 3 nitrogen and oxygen atoms in total. The van der Waals surface area contributed by atoms with Crippen LogP contribution in [0, 0.1) is 5.92 Å². The van der Waals surface area contributed by atoms with Gasteiger partial charge in [0.05, 0.1) is 25.4 Å². The molecule has 1 aliphatic carbocycles. The van der Waals surface area contributed by atoms with E-state index in [4.69, 9.17) is 4.74 Å². The van der Waals surface area contributed by atoms with Gasteiger partial charge in [0.15, 0.2) is 0 Å². The molecule has 1 saturated heterocycles. The lowest BCUT2D eigenvalue weighted by Gasteiger charge is -2.22. The summed E-state index contributed by atoms with van der Waals surface area (Å²) in [6.07, 6.45) is 8.05. The lowest BCUT2D eigenvalue weighted by atomic mass is 9.87. The van der Waals surface area contributed by atoms with Crippen LogP contribution in [0.2, 0.25) is 0 Å². The SMILES string of the molecule is OC1COCC1NCCC1CCCCC1. The minimum absolute atomic E-state index is 0.175. The standard InChI is InChI=1S/C12H23NO2/c14-12-9-15-8-11(12)13-7-6-10-4-2-1-3-5-10/h10-14H,1-9H2. The van der Waals surface area contributed by atoms with Crippen LogP contribution < -0.4 is 5.32 Å². The molecule has 2 atom stereocenters. The van der Waals surface area contributed by atoms with Crippen molar-refractivity contribution in [2.45, 2.75) is 50.7 Å². The highest BCUT2D eigenvalue weighted by Gasteiger charge is 2.25. The molecule has 2 aliphatic rings. The summed E-state index contributed by atoms with van der Waals surface area (Å²) in [4.78, 5) is 0. The molecular weight excluding hydrogens is 190 g/mol. The lowest BCUT2D eigenvalue weighted by molar-refractivity contribution is 0.122. The van der Waals surface area contributed by atoms with Gasteiger partial charge in [-0.3, -0.25) is 0 Å². The molecule has 2 unspecified atom stereocenters. The third-order valence-corrected chi connectivity index (χ3v) is 3.73. The van der Waals surface area contributed by atoms with E-state index in [1.807, 2.05) is 0 Å². The molecule has 0 aromatic carbocycles. The fourth-order valence-corrected chi connectivity index (χ4v) is 2.69. The van der Waals surface area contributed by atoms with Crippen molar-refractivity contribution in [3.05, 3.63) is 0 Å². The minimum Gasteiger partial charge on any atom is -0.389 e. The van der Waals surface area contributed by atoms with Crippen molar-refractivity contribution >= 4 is 0 Å². The zero-order valence-corrected chi connectivity index (χ0v) is 9.45. The summed E-state index contributed by atoms with van der Waals surface area (Å²) in [5, 5.41) is 12.9. The highest BCUT2D eigenvalue weighted by Crippen LogP contribution is 2.25. The fraction of sp³-hybridized carbons (Fsp3) is 1.00. The van der Waals surface area contributed by atoms with Crippen molar-refractivity contribution in [3.63, 3.8) is 0 Å². The molecule has 1 saturated carbocycles. The van der Waals surface area contributed by atoms with Gasteiger partial charge in [-0.1, -0.05) is 32.1 Å². The van der Waals surface area contributed by atoms with Crippen molar-refractivity contribution < 1.29 is 9.84 Å². The first-order valence-corrected chi connectivity index (χ1v) is 6.35. The Hall–Kier alpha value is -0.120. The highest BCUT2D eigenvalue weighted by atomic mass is 16.5. The molecule has 88 valence electrons. The lowest BCUT2D eigenvalue weighted by Crippen LogP contribution is -2.39. The summed E-state index contributed by atoms with van der Waals surface area (Å²) in [7, 11) is 0. The monoisotopic (exact) mass is 213 g/mol. The van der Waals surface area contributed by atoms with Crippen LogP contribution in [0.25, 0.3) is 0 Å². The number of hydrogen-bond donors (Lipinski definition) is 2. The molecular formula is C12H23NO2. The molecule has 0 radical (unpaired) electrons. The first-order chi connectivity index (χ1) is 7.36. The van der Waals surface area contributed by atoms with Crippen LogP contribution in [0.15, 0.2) is 0 Å². The van der Waals surface area contributed by atoms with Crippen molar-refractivity contribution in [3.8, 4) is 0 Å². The molecule has 2 rings (SSSR count). The number of ether oxygens (including phenoxy) is 1. The predicted octanol–water partition coefficient (Wildman–Crippen LogP) is 1.31. The third kappa shape index (κ3) is 3.44. The molecule has 0 bridgehead atoms. The van der Waals surface area contributed by atoms with Crippen molar-refractivity contribution in [2.75, 3.05) is 19.8 Å². The molecule has 1 heterocycles. The minimum atomic E-state index is -0.295. The number of aliphatic hydroxyl groups is 1. The molecule has 0 amide bonds. The van der Waals surface area contributed by atoms with Crippen LogP contribution >= 0.6 is 0 Å². The number of hydrogen-bond acceptors (Lipinski definition) is 3. The largest absolute Gasteiger partial charge is 0.389 e. The summed E-state index contributed by atoms with van der Waals surface area (Å²) in [6, 6.07) is 0.175. The van der Waals surface area contributed by atoms with Crippen LogP contribution in [0.1, 0.15) is 38.5 Å². The fourth-order valence-electron chi connectivity index (χ4n) is 2.69. The van der Waals surface area contributed by atoms with Gasteiger partial charge in [0.25, 0.3) is 0 Å². The average Bonchev–Trinajstić information content (AvgIpc) is 2.66. The Bertz CT molecular complexity index is 180. The van der Waals surface area contributed by atoms with Crippen LogP contribution in [-0.2, 0) is 4.74 Å². The van der Waals surface area contributed by atoms with Crippen LogP contribution in [0.5, 0.6) is 0 Å². The van der Waals surface area contributed by atoms with E-state index in [-0.39, 0.29) is 12.1 Å². The van der Waals surface area contributed by atoms with E-state index in [1.54, 1.807) is 0 Å². The molecule has 0 aromatic rings. The highest BCUT2D eigenvalue weighted by molar-refractivity contribution is 4.80. The van der Waals surface area contributed by atoms with Gasteiger partial charge < -0.3 is 15.2 Å². The Morgan fingerprint density at radius 3 is 2.60 bits per heavy atom. The molecule has 2 fully saturated rings. The predicted molar refractivity (Wildman–Crippen MR) is 59.8 cm³/mol. The molecule has 1 aliphatic heterocycles. The van der Waals surface area contributed by atoms with E-state index in [0.717, 1.165) is 12.5 Å². The summed E-state index contributed by atoms with van der Waals surface area (Å²) < 4.78 is 5.20. The van der Waals surface area contributed by atoms with Gasteiger partial charge in [-0.2, -0.15) is 0 Å². The first-order valence-electron chi connectivity index (χ1n) is 6.35. The zero-order valence-electron chi connectivity index (χ0n) is 9.45. The third-order valence-electron chi connectivity index (χ3n) is 3.73. The second-order valence-electron chi connectivity index (χ2n) is 4.96. The summed E-state index contributed by atoms with van der Waals surface area (Å²) >= 11 is 0. The zero-order chi connectivity index (χ0) is 10.5. The quantitative estimate of drug-likeness (QED) is 0.740. The molecule has 15 heavy (non-hydrogen) atoms. The summed E-state index contributed by atoms with van der Waals surface area (Å²) in [6.45, 7) is 2.21. The van der Waals surface area contributed by atoms with E-state index < -0.39 is 0 Å². The van der Waals surface area contributed by atoms with E-state index in [0.29, 0.717) is 13.2 Å². The summed E-state index contributed by atoms with van der Waals surface area (Å²) in [5.74, 6) is 0.922. The normalized spacial score (nSPS) is 33.4. The van der Waals surface area contributed by atoms with Crippen LogP contribution in [0.4, 0.5) is 0 Å². The second kappa shape index (κ2) is 5.83. The smallest absolute Gasteiger partial charge is 0.0948 e. The van der Waals surface area contributed by atoms with Gasteiger partial charge in [-0.05, 0) is 18.9 Å². The van der Waals surface area contributed by atoms with E-state index >= 15 is 0 Å². The molecule has 0 aromatic heterocycles. The Kier molecular flexibility index (Phi) is 4.42. The molecule has 2 N–H and O–H groups in total. The van der Waals surface area contributed by atoms with E-state index in [2.05, 4.69) is 5.32 Å². The molecule has 0 spiro atoms. The Morgan fingerprint density at radius 1 is 1.13 bits per heavy atom. The maximum absolute atomic E-state index is 9.54. The Morgan fingerprint density at radius 2 is 1.93 bits per heavy atom. The maximum Gasteiger partial charge on any atom is 0.0948 e. The van der Waals surface area contributed by atoms with Crippen LogP contribution in [-0.4, -0.2) is 37.0 Å². The van der Waals surface area contributed by atoms with Crippen LogP contribution in [0.3, 0.4) is 0 Å². The van der Waals surface area contributed by atoms with Gasteiger partial charge in [0.2, 0.25) is 0 Å². The Balaban J connectivity index is 1.57. The molecule has 3 heteroatoms. The van der Waals surface area contributed by atoms with Gasteiger partial charge in [-0.15, -0.1) is 0 Å². The summed E-state index contributed by atoms with van der Waals surface area (Å²) in [5.41, 5.74) is 0. The van der Waals surface area contributed by atoms with E-state index in [1.165, 1.54) is 38.5 Å². The van der Waals surface area contributed by atoms with E-state index in [9.17, 15) is 5.11 Å². The number of nitrogens with one attached hydrogen (secondary N) is 1. The van der Waals surface area contributed by atoms with Crippen molar-refractivity contribution in [1.29, 1.82) is 0 Å². The van der Waals surface area contributed by atoms with Crippen molar-refractivity contribution in [1.82, 2.24) is 5.32 Å².